The molecule has 2 bridgehead atoms. The van der Waals surface area contributed by atoms with Crippen molar-refractivity contribution in [1.82, 2.24) is 5.32 Å². The first kappa shape index (κ1) is 10.0. The van der Waals surface area contributed by atoms with Crippen molar-refractivity contribution in [1.29, 1.82) is 0 Å². The van der Waals surface area contributed by atoms with Gasteiger partial charge in [-0.05, 0) is 43.4 Å². The Balaban J connectivity index is 1.82. The summed E-state index contributed by atoms with van der Waals surface area (Å²) >= 11 is 0. The van der Waals surface area contributed by atoms with Crippen molar-refractivity contribution < 1.29 is 4.39 Å². The molecule has 0 amide bonds. The molecule has 0 aliphatic carbocycles. The lowest BCUT2D eigenvalue weighted by Crippen LogP contribution is -2.34. The maximum atomic E-state index is 13.0. The van der Waals surface area contributed by atoms with Gasteiger partial charge >= 0.3 is 0 Å². The fourth-order valence-electron chi connectivity index (χ4n) is 2.89. The average molecular weight is 217 g/mol. The Kier molecular flexibility index (Phi) is 2.52. The molecule has 2 atom stereocenters. The van der Waals surface area contributed by atoms with Crippen LogP contribution >= 0.6 is 0 Å². The molecule has 2 heterocycles. The van der Waals surface area contributed by atoms with Crippen LogP contribution in [0.2, 0.25) is 0 Å². The number of hydrogen-bond donors (Lipinski definition) is 1. The number of benzene rings is 1. The molecule has 2 aliphatic rings. The van der Waals surface area contributed by atoms with Crippen molar-refractivity contribution in [2.24, 2.45) is 0 Å². The summed E-state index contributed by atoms with van der Waals surface area (Å²) in [6, 6.07) is 8.18. The highest BCUT2D eigenvalue weighted by Crippen LogP contribution is 2.31. The number of nitrogens with one attached hydrogen (secondary N) is 1. The van der Waals surface area contributed by atoms with E-state index in [0.717, 1.165) is 18.4 Å². The quantitative estimate of drug-likeness (QED) is 0.762. The van der Waals surface area contributed by atoms with E-state index in [1.54, 1.807) is 12.1 Å². The molecule has 3 rings (SSSR count). The van der Waals surface area contributed by atoms with Gasteiger partial charge in [0.2, 0.25) is 0 Å². The molecule has 0 aromatic heterocycles. The first-order valence-corrected chi connectivity index (χ1v) is 6.01. The molecular weight excluding hydrogens is 201 g/mol. The average Bonchev–Trinajstić information content (AvgIpc) is 2.58. The summed E-state index contributed by atoms with van der Waals surface area (Å²) in [6.45, 7) is 0. The minimum Gasteiger partial charge on any atom is -0.311 e. The summed E-state index contributed by atoms with van der Waals surface area (Å²) in [5.41, 5.74) is 2.47. The Morgan fingerprint density at radius 2 is 1.94 bits per heavy atom. The van der Waals surface area contributed by atoms with Gasteiger partial charge in [0.25, 0.3) is 0 Å². The van der Waals surface area contributed by atoms with Gasteiger partial charge in [-0.3, -0.25) is 0 Å². The molecule has 1 aromatic rings. The van der Waals surface area contributed by atoms with Gasteiger partial charge in [-0.15, -0.1) is 0 Å². The number of piperidine rings is 1. The third kappa shape index (κ3) is 2.03. The van der Waals surface area contributed by atoms with Gasteiger partial charge in [0.1, 0.15) is 5.82 Å². The second kappa shape index (κ2) is 4.02. The molecule has 2 saturated heterocycles. The van der Waals surface area contributed by atoms with Gasteiger partial charge < -0.3 is 5.32 Å². The smallest absolute Gasteiger partial charge is 0.123 e. The molecule has 16 heavy (non-hydrogen) atoms. The van der Waals surface area contributed by atoms with Crippen LogP contribution in [0.4, 0.5) is 4.39 Å². The molecule has 2 unspecified atom stereocenters. The van der Waals surface area contributed by atoms with Crippen molar-refractivity contribution in [2.45, 2.75) is 37.8 Å². The number of rotatable bonds is 1. The summed E-state index contributed by atoms with van der Waals surface area (Å²) < 4.78 is 13.0. The van der Waals surface area contributed by atoms with E-state index in [1.165, 1.54) is 24.5 Å². The van der Waals surface area contributed by atoms with Crippen LogP contribution in [0.1, 0.15) is 31.2 Å². The lowest BCUT2D eigenvalue weighted by Gasteiger charge is -2.23. The van der Waals surface area contributed by atoms with Gasteiger partial charge in [-0.1, -0.05) is 23.8 Å². The zero-order chi connectivity index (χ0) is 11.0. The van der Waals surface area contributed by atoms with Crippen LogP contribution in [0, 0.1) is 5.82 Å². The van der Waals surface area contributed by atoms with Gasteiger partial charge in [0.15, 0.2) is 0 Å². The van der Waals surface area contributed by atoms with Gasteiger partial charge in [-0.2, -0.15) is 0 Å². The minimum atomic E-state index is -0.147. The molecule has 2 heteroatoms. The summed E-state index contributed by atoms with van der Waals surface area (Å²) in [4.78, 5) is 0. The van der Waals surface area contributed by atoms with Crippen LogP contribution in [0.5, 0.6) is 0 Å². The lowest BCUT2D eigenvalue weighted by atomic mass is 9.97. The van der Waals surface area contributed by atoms with Crippen LogP contribution in [0.25, 0.3) is 6.08 Å². The number of fused-ring (bicyclic) bond motifs is 2. The van der Waals surface area contributed by atoms with Crippen LogP contribution in [0.15, 0.2) is 29.8 Å². The zero-order valence-electron chi connectivity index (χ0n) is 9.25. The molecule has 0 saturated carbocycles. The van der Waals surface area contributed by atoms with E-state index in [2.05, 4.69) is 11.4 Å². The van der Waals surface area contributed by atoms with Gasteiger partial charge in [0, 0.05) is 12.1 Å². The maximum absolute atomic E-state index is 13.0. The molecule has 1 N–H and O–H groups in total. The highest BCUT2D eigenvalue weighted by atomic mass is 19.1. The molecule has 1 aromatic carbocycles. The summed E-state index contributed by atoms with van der Waals surface area (Å²) in [5, 5.41) is 3.60. The van der Waals surface area contributed by atoms with E-state index < -0.39 is 0 Å². The summed E-state index contributed by atoms with van der Waals surface area (Å²) in [5.74, 6) is -0.147. The fourth-order valence-corrected chi connectivity index (χ4v) is 2.89. The fraction of sp³-hybridized carbons (Fsp3) is 0.429. The maximum Gasteiger partial charge on any atom is 0.123 e. The number of hydrogen-bond acceptors (Lipinski definition) is 1. The minimum absolute atomic E-state index is 0.147. The predicted molar refractivity (Wildman–Crippen MR) is 63.6 cm³/mol. The second-order valence-electron chi connectivity index (χ2n) is 4.90. The van der Waals surface area contributed by atoms with Gasteiger partial charge in [-0.25, -0.2) is 4.39 Å². The third-order valence-electron chi connectivity index (χ3n) is 3.57. The summed E-state index contributed by atoms with van der Waals surface area (Å²) in [7, 11) is 0. The van der Waals surface area contributed by atoms with Gasteiger partial charge in [0.05, 0.1) is 0 Å². The van der Waals surface area contributed by atoms with Crippen LogP contribution < -0.4 is 5.32 Å². The molecular formula is C14H16FN. The topological polar surface area (TPSA) is 12.0 Å². The second-order valence-corrected chi connectivity index (χ2v) is 4.90. The van der Waals surface area contributed by atoms with Crippen LogP contribution in [-0.4, -0.2) is 12.1 Å². The van der Waals surface area contributed by atoms with Crippen molar-refractivity contribution in [3.05, 3.63) is 41.2 Å². The van der Waals surface area contributed by atoms with Crippen molar-refractivity contribution >= 4 is 6.08 Å². The first-order chi connectivity index (χ1) is 7.79. The standard InChI is InChI=1S/C14H16FN/c15-12-3-1-2-10(7-12)6-11-8-13-4-5-14(9-11)16-13/h1-3,6-7,13-14,16H,4-5,8-9H2. The molecule has 0 spiro atoms. The monoisotopic (exact) mass is 217 g/mol. The van der Waals surface area contributed by atoms with Crippen LogP contribution in [-0.2, 0) is 0 Å². The Morgan fingerprint density at radius 1 is 1.19 bits per heavy atom. The van der Waals surface area contributed by atoms with Crippen molar-refractivity contribution in [2.75, 3.05) is 0 Å². The molecule has 2 aliphatic heterocycles. The third-order valence-corrected chi connectivity index (χ3v) is 3.57. The van der Waals surface area contributed by atoms with E-state index in [1.807, 2.05) is 6.07 Å². The largest absolute Gasteiger partial charge is 0.311 e. The van der Waals surface area contributed by atoms with E-state index in [9.17, 15) is 4.39 Å². The summed E-state index contributed by atoms with van der Waals surface area (Å²) in [6.07, 6.45) is 7.02. The normalized spacial score (nSPS) is 28.2. The van der Waals surface area contributed by atoms with E-state index >= 15 is 0 Å². The van der Waals surface area contributed by atoms with Crippen molar-refractivity contribution in [3.63, 3.8) is 0 Å². The van der Waals surface area contributed by atoms with Crippen LogP contribution in [0.3, 0.4) is 0 Å². The molecule has 2 fully saturated rings. The molecule has 84 valence electrons. The molecule has 0 radical (unpaired) electrons. The van der Waals surface area contributed by atoms with Crippen molar-refractivity contribution in [3.8, 4) is 0 Å². The Morgan fingerprint density at radius 3 is 2.62 bits per heavy atom. The SMILES string of the molecule is Fc1cccc(C=C2CC3CCC(C2)N3)c1. The first-order valence-electron chi connectivity index (χ1n) is 6.01. The Bertz CT molecular complexity index is 410. The highest BCUT2D eigenvalue weighted by molar-refractivity contribution is 5.53. The molecule has 1 nitrogen and oxygen atoms in total. The lowest BCUT2D eigenvalue weighted by molar-refractivity contribution is 0.476. The number of halogens is 1. The Labute approximate surface area is 95.4 Å². The zero-order valence-corrected chi connectivity index (χ0v) is 9.25. The van der Waals surface area contributed by atoms with E-state index in [4.69, 9.17) is 0 Å². The highest BCUT2D eigenvalue weighted by Gasteiger charge is 2.29. The predicted octanol–water partition coefficient (Wildman–Crippen LogP) is 3.12. The van der Waals surface area contributed by atoms with E-state index in [0.29, 0.717) is 12.1 Å². The Hall–Kier alpha value is -1.15. The van der Waals surface area contributed by atoms with E-state index in [-0.39, 0.29) is 5.82 Å².